The fourth-order valence-electron chi connectivity index (χ4n) is 1.90. The summed E-state index contributed by atoms with van der Waals surface area (Å²) >= 11 is 0. The topological polar surface area (TPSA) is 58.6 Å². The molecule has 0 aromatic heterocycles. The number of carboxylic acids is 1. The average molecular weight is 257 g/mol. The van der Waals surface area contributed by atoms with Crippen molar-refractivity contribution in [1.82, 2.24) is 0 Å². The lowest BCUT2D eigenvalue weighted by Gasteiger charge is -2.25. The minimum absolute atomic E-state index is 0.0505. The van der Waals surface area contributed by atoms with Gasteiger partial charge in [-0.25, -0.2) is 13.6 Å². The van der Waals surface area contributed by atoms with E-state index in [4.69, 9.17) is 9.84 Å². The molecular weight excluding hydrogens is 244 g/mol. The summed E-state index contributed by atoms with van der Waals surface area (Å²) < 4.78 is 32.4. The Morgan fingerprint density at radius 3 is 2.72 bits per heavy atom. The Labute approximate surface area is 103 Å². The van der Waals surface area contributed by atoms with Gasteiger partial charge in [0.05, 0.1) is 23.4 Å². The molecule has 1 heterocycles. The van der Waals surface area contributed by atoms with Gasteiger partial charge in [-0.15, -0.1) is 0 Å². The van der Waals surface area contributed by atoms with Crippen LogP contribution in [0.1, 0.15) is 23.7 Å². The van der Waals surface area contributed by atoms with Crippen LogP contribution in [0.3, 0.4) is 0 Å². The number of ether oxygens (including phenoxy) is 1. The molecular formula is C12H13F2NO3. The molecule has 18 heavy (non-hydrogen) atoms. The standard InChI is InChI=1S/C12H13F2NO3/c1-12(4-5-18-6-12)15-8-3-2-7(11(16)17)9(13)10(8)14/h2-3,15H,4-6H2,1H3,(H,16,17). The lowest BCUT2D eigenvalue weighted by molar-refractivity contribution is 0.0690. The lowest BCUT2D eigenvalue weighted by Crippen LogP contribution is -2.35. The van der Waals surface area contributed by atoms with Crippen LogP contribution in [0, 0.1) is 11.6 Å². The summed E-state index contributed by atoms with van der Waals surface area (Å²) in [6, 6.07) is 2.27. The van der Waals surface area contributed by atoms with Gasteiger partial charge < -0.3 is 15.2 Å². The molecule has 2 rings (SSSR count). The van der Waals surface area contributed by atoms with E-state index in [1.54, 1.807) is 0 Å². The van der Waals surface area contributed by atoms with Gasteiger partial charge in [0.15, 0.2) is 11.6 Å². The van der Waals surface area contributed by atoms with Gasteiger partial charge in [0, 0.05) is 6.61 Å². The van der Waals surface area contributed by atoms with Gasteiger partial charge in [-0.3, -0.25) is 0 Å². The highest BCUT2D eigenvalue weighted by atomic mass is 19.2. The van der Waals surface area contributed by atoms with Crippen molar-refractivity contribution in [3.63, 3.8) is 0 Å². The fourth-order valence-corrected chi connectivity index (χ4v) is 1.90. The molecule has 0 spiro atoms. The molecule has 0 bridgehead atoms. The van der Waals surface area contributed by atoms with Crippen LogP contribution in [0.15, 0.2) is 12.1 Å². The number of halogens is 2. The quantitative estimate of drug-likeness (QED) is 0.872. The summed E-state index contributed by atoms with van der Waals surface area (Å²) in [4.78, 5) is 10.6. The first kappa shape index (κ1) is 12.8. The van der Waals surface area contributed by atoms with Gasteiger partial charge in [-0.05, 0) is 25.5 Å². The van der Waals surface area contributed by atoms with Crippen LogP contribution in [0.4, 0.5) is 14.5 Å². The Morgan fingerprint density at radius 2 is 2.17 bits per heavy atom. The lowest BCUT2D eigenvalue weighted by atomic mass is 10.0. The molecule has 0 amide bonds. The fraction of sp³-hybridized carbons (Fsp3) is 0.417. The third-order valence-corrected chi connectivity index (χ3v) is 2.97. The number of hydrogen-bond acceptors (Lipinski definition) is 3. The monoisotopic (exact) mass is 257 g/mol. The first-order chi connectivity index (χ1) is 8.43. The van der Waals surface area contributed by atoms with E-state index in [0.717, 1.165) is 6.07 Å². The van der Waals surface area contributed by atoms with E-state index in [-0.39, 0.29) is 5.69 Å². The number of carbonyl (C=O) groups is 1. The predicted molar refractivity (Wildman–Crippen MR) is 60.8 cm³/mol. The summed E-state index contributed by atoms with van der Waals surface area (Å²) in [5.74, 6) is -4.02. The van der Waals surface area contributed by atoms with E-state index in [1.165, 1.54) is 6.07 Å². The van der Waals surface area contributed by atoms with Crippen molar-refractivity contribution in [2.24, 2.45) is 0 Å². The van der Waals surface area contributed by atoms with Gasteiger partial charge >= 0.3 is 5.97 Å². The Balaban J connectivity index is 2.30. The van der Waals surface area contributed by atoms with Gasteiger partial charge in [0.1, 0.15) is 0 Å². The molecule has 1 saturated heterocycles. The number of aromatic carboxylic acids is 1. The Kier molecular flexibility index (Phi) is 3.21. The van der Waals surface area contributed by atoms with Crippen LogP contribution in [0.5, 0.6) is 0 Å². The molecule has 2 N–H and O–H groups in total. The number of carboxylic acid groups (broad SMARTS) is 1. The summed E-state index contributed by atoms with van der Waals surface area (Å²) in [5.41, 5.74) is -1.19. The largest absolute Gasteiger partial charge is 0.478 e. The van der Waals surface area contributed by atoms with Crippen LogP contribution in [0.2, 0.25) is 0 Å². The van der Waals surface area contributed by atoms with Gasteiger partial charge in [-0.2, -0.15) is 0 Å². The number of rotatable bonds is 3. The van der Waals surface area contributed by atoms with Crippen molar-refractivity contribution >= 4 is 11.7 Å². The molecule has 4 nitrogen and oxygen atoms in total. The third-order valence-electron chi connectivity index (χ3n) is 2.97. The van der Waals surface area contributed by atoms with E-state index in [2.05, 4.69) is 5.32 Å². The van der Waals surface area contributed by atoms with E-state index in [0.29, 0.717) is 19.6 Å². The molecule has 6 heteroatoms. The maximum absolute atomic E-state index is 13.7. The molecule has 1 aromatic carbocycles. The number of anilines is 1. The van der Waals surface area contributed by atoms with Crippen molar-refractivity contribution < 1.29 is 23.4 Å². The molecule has 1 unspecified atom stereocenters. The van der Waals surface area contributed by atoms with E-state index in [9.17, 15) is 13.6 Å². The Bertz CT molecular complexity index is 484. The zero-order valence-electron chi connectivity index (χ0n) is 9.80. The zero-order chi connectivity index (χ0) is 13.3. The van der Waals surface area contributed by atoms with Crippen molar-refractivity contribution in [1.29, 1.82) is 0 Å². The van der Waals surface area contributed by atoms with Crippen molar-refractivity contribution in [2.75, 3.05) is 18.5 Å². The first-order valence-electron chi connectivity index (χ1n) is 5.50. The predicted octanol–water partition coefficient (Wildman–Crippen LogP) is 2.25. The van der Waals surface area contributed by atoms with Crippen LogP contribution >= 0.6 is 0 Å². The smallest absolute Gasteiger partial charge is 0.338 e. The Hall–Kier alpha value is -1.69. The number of hydrogen-bond donors (Lipinski definition) is 2. The SMILES string of the molecule is CC1(Nc2ccc(C(=O)O)c(F)c2F)CCOC1. The second-order valence-electron chi connectivity index (χ2n) is 4.58. The van der Waals surface area contributed by atoms with E-state index < -0.39 is 28.7 Å². The molecule has 0 saturated carbocycles. The first-order valence-corrected chi connectivity index (χ1v) is 5.50. The molecule has 1 atom stereocenters. The van der Waals surface area contributed by atoms with E-state index >= 15 is 0 Å². The van der Waals surface area contributed by atoms with Gasteiger partial charge in [0.2, 0.25) is 0 Å². The number of benzene rings is 1. The molecule has 1 aliphatic rings. The third kappa shape index (κ3) is 2.28. The molecule has 1 fully saturated rings. The van der Waals surface area contributed by atoms with Crippen LogP contribution < -0.4 is 5.32 Å². The molecule has 1 aromatic rings. The van der Waals surface area contributed by atoms with Gasteiger partial charge in [-0.1, -0.05) is 0 Å². The maximum Gasteiger partial charge on any atom is 0.338 e. The average Bonchev–Trinajstić information content (AvgIpc) is 2.72. The summed E-state index contributed by atoms with van der Waals surface area (Å²) in [6.45, 7) is 2.79. The van der Waals surface area contributed by atoms with Crippen LogP contribution in [0.25, 0.3) is 0 Å². The second kappa shape index (κ2) is 4.53. The summed E-state index contributed by atoms with van der Waals surface area (Å²) in [5, 5.41) is 11.5. The second-order valence-corrected chi connectivity index (χ2v) is 4.58. The Morgan fingerprint density at radius 1 is 1.44 bits per heavy atom. The number of nitrogens with one attached hydrogen (secondary N) is 1. The van der Waals surface area contributed by atoms with E-state index in [1.807, 2.05) is 6.92 Å². The normalized spacial score (nSPS) is 23.1. The molecule has 0 aliphatic carbocycles. The van der Waals surface area contributed by atoms with Crippen LogP contribution in [-0.2, 0) is 4.74 Å². The summed E-state index contributed by atoms with van der Waals surface area (Å²) in [7, 11) is 0. The van der Waals surface area contributed by atoms with Crippen LogP contribution in [-0.4, -0.2) is 29.8 Å². The highest BCUT2D eigenvalue weighted by molar-refractivity contribution is 5.88. The highest BCUT2D eigenvalue weighted by Gasteiger charge is 2.31. The zero-order valence-corrected chi connectivity index (χ0v) is 9.80. The minimum Gasteiger partial charge on any atom is -0.478 e. The van der Waals surface area contributed by atoms with Crippen molar-refractivity contribution in [3.8, 4) is 0 Å². The minimum atomic E-state index is -1.49. The maximum atomic E-state index is 13.7. The van der Waals surface area contributed by atoms with Gasteiger partial charge in [0.25, 0.3) is 0 Å². The molecule has 98 valence electrons. The van der Waals surface area contributed by atoms with Crippen molar-refractivity contribution in [2.45, 2.75) is 18.9 Å². The molecule has 0 radical (unpaired) electrons. The van der Waals surface area contributed by atoms with Crippen molar-refractivity contribution in [3.05, 3.63) is 29.3 Å². The highest BCUT2D eigenvalue weighted by Crippen LogP contribution is 2.27. The summed E-state index contributed by atoms with van der Waals surface area (Å²) in [6.07, 6.45) is 0.675. The molecule has 1 aliphatic heterocycles.